The first-order valence-corrected chi connectivity index (χ1v) is 7.90. The fourth-order valence-corrected chi connectivity index (χ4v) is 2.99. The molecule has 0 aliphatic heterocycles. The number of carbonyl (C=O) groups is 2. The zero-order valence-corrected chi connectivity index (χ0v) is 13.1. The van der Waals surface area contributed by atoms with Crippen LogP contribution >= 0.6 is 0 Å². The summed E-state index contributed by atoms with van der Waals surface area (Å²) < 4.78 is 1.74. The van der Waals surface area contributed by atoms with Gasteiger partial charge in [-0.05, 0) is 30.5 Å². The van der Waals surface area contributed by atoms with Crippen molar-refractivity contribution in [3.05, 3.63) is 60.4 Å². The van der Waals surface area contributed by atoms with Gasteiger partial charge < -0.3 is 10.4 Å². The molecule has 3 rings (SSSR count). The Morgan fingerprint density at radius 2 is 1.92 bits per heavy atom. The van der Waals surface area contributed by atoms with Crippen molar-refractivity contribution in [1.82, 2.24) is 15.1 Å². The summed E-state index contributed by atoms with van der Waals surface area (Å²) in [6.45, 7) is 0.335. The van der Waals surface area contributed by atoms with Gasteiger partial charge in [-0.2, -0.15) is 5.10 Å². The van der Waals surface area contributed by atoms with Gasteiger partial charge in [0.1, 0.15) is 0 Å². The van der Waals surface area contributed by atoms with Crippen LogP contribution in [0.25, 0.3) is 5.69 Å². The minimum Gasteiger partial charge on any atom is -0.481 e. The summed E-state index contributed by atoms with van der Waals surface area (Å²) in [6, 6.07) is 9.50. The van der Waals surface area contributed by atoms with Crippen molar-refractivity contribution in [2.24, 2.45) is 11.8 Å². The molecule has 24 heavy (non-hydrogen) atoms. The monoisotopic (exact) mass is 325 g/mol. The number of aromatic nitrogens is 2. The lowest BCUT2D eigenvalue weighted by molar-refractivity contribution is -0.147. The second-order valence-electron chi connectivity index (χ2n) is 5.79. The number of para-hydroxylation sites is 1. The van der Waals surface area contributed by atoms with Gasteiger partial charge in [0.2, 0.25) is 5.91 Å². The van der Waals surface area contributed by atoms with Crippen LogP contribution in [0.3, 0.4) is 0 Å². The summed E-state index contributed by atoms with van der Waals surface area (Å²) in [5, 5.41) is 16.4. The number of nitrogens with zero attached hydrogens (tertiary/aromatic N) is 2. The van der Waals surface area contributed by atoms with Crippen molar-refractivity contribution in [3.63, 3.8) is 0 Å². The Morgan fingerprint density at radius 1 is 1.17 bits per heavy atom. The number of allylic oxidation sites excluding steroid dienone is 2. The normalized spacial score (nSPS) is 19.8. The van der Waals surface area contributed by atoms with Gasteiger partial charge in [-0.3, -0.25) is 9.59 Å². The minimum absolute atomic E-state index is 0.220. The summed E-state index contributed by atoms with van der Waals surface area (Å²) in [6.07, 6.45) is 8.10. The van der Waals surface area contributed by atoms with Crippen molar-refractivity contribution < 1.29 is 14.7 Å². The molecule has 0 radical (unpaired) electrons. The molecule has 1 aromatic heterocycles. The number of amides is 1. The molecular weight excluding hydrogens is 306 g/mol. The molecule has 1 amide bonds. The van der Waals surface area contributed by atoms with E-state index in [-0.39, 0.29) is 5.91 Å². The van der Waals surface area contributed by atoms with Gasteiger partial charge in [0, 0.05) is 18.9 Å². The number of nitrogens with one attached hydrogen (secondary N) is 1. The molecule has 6 heteroatoms. The summed E-state index contributed by atoms with van der Waals surface area (Å²) in [7, 11) is 0. The first-order chi connectivity index (χ1) is 11.7. The third kappa shape index (κ3) is 3.37. The lowest BCUT2D eigenvalue weighted by Crippen LogP contribution is -2.38. The molecule has 0 saturated carbocycles. The zero-order chi connectivity index (χ0) is 16.9. The van der Waals surface area contributed by atoms with Gasteiger partial charge in [-0.15, -0.1) is 0 Å². The summed E-state index contributed by atoms with van der Waals surface area (Å²) in [5.74, 6) is -2.32. The quantitative estimate of drug-likeness (QED) is 0.825. The Bertz CT molecular complexity index is 753. The Balaban J connectivity index is 1.71. The van der Waals surface area contributed by atoms with Crippen LogP contribution in [0.4, 0.5) is 0 Å². The standard InChI is InChI=1S/C18H19N3O3/c22-17(14-7-2-3-8-15(14)18(23)24)19-12-13-6-1-4-9-16(13)21-11-5-10-20-21/h1-6,9-11,14-15H,7-8,12H2,(H,19,22)(H,23,24)/t14-,15+/m1/s1. The molecule has 0 spiro atoms. The summed E-state index contributed by atoms with van der Waals surface area (Å²) in [4.78, 5) is 23.8. The lowest BCUT2D eigenvalue weighted by Gasteiger charge is -2.24. The van der Waals surface area contributed by atoms with E-state index in [1.54, 1.807) is 10.9 Å². The predicted molar refractivity (Wildman–Crippen MR) is 88.4 cm³/mol. The molecule has 0 bridgehead atoms. The van der Waals surface area contributed by atoms with E-state index in [1.165, 1.54) is 0 Å². The van der Waals surface area contributed by atoms with Crippen molar-refractivity contribution in [1.29, 1.82) is 0 Å². The van der Waals surface area contributed by atoms with Gasteiger partial charge >= 0.3 is 5.97 Å². The molecule has 2 atom stereocenters. The number of aliphatic carboxylic acids is 1. The molecule has 1 aliphatic rings. The maximum Gasteiger partial charge on any atom is 0.307 e. The third-order valence-corrected chi connectivity index (χ3v) is 4.28. The van der Waals surface area contributed by atoms with Crippen LogP contribution in [0.1, 0.15) is 18.4 Å². The average molecular weight is 325 g/mol. The van der Waals surface area contributed by atoms with E-state index >= 15 is 0 Å². The van der Waals surface area contributed by atoms with Crippen LogP contribution in [0.15, 0.2) is 54.9 Å². The van der Waals surface area contributed by atoms with Crippen molar-refractivity contribution in [2.75, 3.05) is 0 Å². The number of hydrogen-bond donors (Lipinski definition) is 2. The highest BCUT2D eigenvalue weighted by Gasteiger charge is 2.33. The zero-order valence-electron chi connectivity index (χ0n) is 13.1. The highest BCUT2D eigenvalue weighted by atomic mass is 16.4. The molecule has 1 aliphatic carbocycles. The van der Waals surface area contributed by atoms with Gasteiger partial charge in [0.25, 0.3) is 0 Å². The van der Waals surface area contributed by atoms with E-state index in [2.05, 4.69) is 10.4 Å². The van der Waals surface area contributed by atoms with Crippen LogP contribution in [0, 0.1) is 11.8 Å². The number of carbonyl (C=O) groups excluding carboxylic acids is 1. The van der Waals surface area contributed by atoms with Crippen LogP contribution in [0.2, 0.25) is 0 Å². The van der Waals surface area contributed by atoms with E-state index in [0.29, 0.717) is 19.4 Å². The summed E-state index contributed by atoms with van der Waals surface area (Å²) >= 11 is 0. The molecular formula is C18H19N3O3. The number of rotatable bonds is 5. The Hall–Kier alpha value is -2.89. The molecule has 2 N–H and O–H groups in total. The lowest BCUT2D eigenvalue weighted by atomic mass is 9.82. The molecule has 6 nitrogen and oxygen atoms in total. The van der Waals surface area contributed by atoms with Crippen molar-refractivity contribution in [2.45, 2.75) is 19.4 Å². The van der Waals surface area contributed by atoms with Gasteiger partial charge in [0.15, 0.2) is 0 Å². The van der Waals surface area contributed by atoms with Gasteiger partial charge in [-0.1, -0.05) is 30.4 Å². The number of benzene rings is 1. The van der Waals surface area contributed by atoms with Crippen LogP contribution in [0.5, 0.6) is 0 Å². The topological polar surface area (TPSA) is 84.2 Å². The maximum absolute atomic E-state index is 12.5. The second-order valence-corrected chi connectivity index (χ2v) is 5.79. The number of hydrogen-bond acceptors (Lipinski definition) is 3. The van der Waals surface area contributed by atoms with Crippen molar-refractivity contribution in [3.8, 4) is 5.69 Å². The molecule has 0 saturated heterocycles. The number of carboxylic acids is 1. The largest absolute Gasteiger partial charge is 0.481 e. The smallest absolute Gasteiger partial charge is 0.307 e. The van der Waals surface area contributed by atoms with E-state index in [1.807, 2.05) is 48.7 Å². The second kappa shape index (κ2) is 7.12. The van der Waals surface area contributed by atoms with Gasteiger partial charge in [-0.25, -0.2) is 4.68 Å². The van der Waals surface area contributed by atoms with Crippen molar-refractivity contribution >= 4 is 11.9 Å². The Morgan fingerprint density at radius 3 is 2.62 bits per heavy atom. The fraction of sp³-hybridized carbons (Fsp3) is 0.278. The van der Waals surface area contributed by atoms with E-state index in [4.69, 9.17) is 0 Å². The maximum atomic E-state index is 12.5. The van der Waals surface area contributed by atoms with Crippen LogP contribution in [-0.4, -0.2) is 26.8 Å². The third-order valence-electron chi connectivity index (χ3n) is 4.28. The molecule has 0 unspecified atom stereocenters. The molecule has 0 fully saturated rings. The van der Waals surface area contributed by atoms with Gasteiger partial charge in [0.05, 0.1) is 17.5 Å². The van der Waals surface area contributed by atoms with Crippen LogP contribution in [-0.2, 0) is 16.1 Å². The van der Waals surface area contributed by atoms with E-state index in [9.17, 15) is 14.7 Å². The minimum atomic E-state index is -0.920. The summed E-state index contributed by atoms with van der Waals surface area (Å²) in [5.41, 5.74) is 1.81. The average Bonchev–Trinajstić information content (AvgIpc) is 3.14. The Labute approximate surface area is 139 Å². The SMILES string of the molecule is O=C(O)[C@H]1CC=CC[C@H]1C(=O)NCc1ccccc1-n1cccn1. The van der Waals surface area contributed by atoms with E-state index < -0.39 is 17.8 Å². The Kier molecular flexibility index (Phi) is 4.74. The highest BCUT2D eigenvalue weighted by Crippen LogP contribution is 2.26. The van der Waals surface area contributed by atoms with E-state index in [0.717, 1.165) is 11.3 Å². The fourth-order valence-electron chi connectivity index (χ4n) is 2.99. The molecule has 2 aromatic rings. The molecule has 1 aromatic carbocycles. The van der Waals surface area contributed by atoms with Crippen LogP contribution < -0.4 is 5.32 Å². The molecule has 124 valence electrons. The number of carboxylic acid groups (broad SMARTS) is 1. The first kappa shape index (κ1) is 16.0. The highest BCUT2D eigenvalue weighted by molar-refractivity contribution is 5.85. The predicted octanol–water partition coefficient (Wildman–Crippen LogP) is 2.16. The first-order valence-electron chi connectivity index (χ1n) is 7.90. The molecule has 1 heterocycles.